The van der Waals surface area contributed by atoms with Crippen LogP contribution in [0.4, 0.5) is 0 Å². The van der Waals surface area contributed by atoms with Gasteiger partial charge in [0.05, 0.1) is 23.4 Å². The van der Waals surface area contributed by atoms with Gasteiger partial charge in [-0.05, 0) is 6.92 Å². The Hall–Kier alpha value is -1.11. The standard InChI is InChI=1S/C10H16ClN3O3/c1-7-9(11)4-14(13-7)5-10(16)12-3-8(15)6-17-2/h4,8,15H,3,5-6H2,1-2H3,(H,12,16)/t8-/m0/s1. The van der Waals surface area contributed by atoms with Crippen molar-refractivity contribution in [2.75, 3.05) is 20.3 Å². The van der Waals surface area contributed by atoms with Gasteiger partial charge in [-0.15, -0.1) is 0 Å². The maximum Gasteiger partial charge on any atom is 0.241 e. The first kappa shape index (κ1) is 14.0. The number of aromatic nitrogens is 2. The Bertz CT molecular complexity index is 361. The van der Waals surface area contributed by atoms with E-state index in [4.69, 9.17) is 16.3 Å². The van der Waals surface area contributed by atoms with Crippen LogP contribution in [-0.2, 0) is 16.1 Å². The molecule has 0 bridgehead atoms. The highest BCUT2D eigenvalue weighted by Crippen LogP contribution is 2.11. The van der Waals surface area contributed by atoms with Crippen molar-refractivity contribution in [3.63, 3.8) is 0 Å². The van der Waals surface area contributed by atoms with Gasteiger partial charge < -0.3 is 15.2 Å². The van der Waals surface area contributed by atoms with E-state index in [2.05, 4.69) is 10.4 Å². The highest BCUT2D eigenvalue weighted by Gasteiger charge is 2.09. The number of halogens is 1. The normalized spacial score (nSPS) is 12.5. The van der Waals surface area contributed by atoms with Crippen LogP contribution in [0, 0.1) is 6.92 Å². The Morgan fingerprint density at radius 1 is 1.76 bits per heavy atom. The average Bonchev–Trinajstić information content (AvgIpc) is 2.55. The van der Waals surface area contributed by atoms with Gasteiger partial charge in [-0.25, -0.2) is 0 Å². The van der Waals surface area contributed by atoms with E-state index in [0.29, 0.717) is 10.7 Å². The topological polar surface area (TPSA) is 76.4 Å². The molecular formula is C10H16ClN3O3. The largest absolute Gasteiger partial charge is 0.389 e. The summed E-state index contributed by atoms with van der Waals surface area (Å²) in [6.07, 6.45) is 0.883. The molecule has 0 aliphatic rings. The number of carbonyl (C=O) groups is 1. The molecule has 0 saturated carbocycles. The van der Waals surface area contributed by atoms with E-state index in [1.165, 1.54) is 11.8 Å². The molecule has 96 valence electrons. The van der Waals surface area contributed by atoms with E-state index in [1.54, 1.807) is 13.1 Å². The smallest absolute Gasteiger partial charge is 0.241 e. The maximum absolute atomic E-state index is 11.5. The Labute approximate surface area is 105 Å². The molecule has 0 spiro atoms. The number of aliphatic hydroxyl groups is 1. The monoisotopic (exact) mass is 261 g/mol. The number of hydrogen-bond acceptors (Lipinski definition) is 4. The molecule has 0 aromatic carbocycles. The van der Waals surface area contributed by atoms with Crippen molar-refractivity contribution in [1.29, 1.82) is 0 Å². The van der Waals surface area contributed by atoms with Crippen molar-refractivity contribution in [3.8, 4) is 0 Å². The third-order valence-electron chi connectivity index (χ3n) is 2.09. The van der Waals surface area contributed by atoms with Crippen LogP contribution in [0.15, 0.2) is 6.20 Å². The van der Waals surface area contributed by atoms with Gasteiger partial charge in [-0.3, -0.25) is 9.48 Å². The van der Waals surface area contributed by atoms with Gasteiger partial charge in [0, 0.05) is 19.9 Å². The van der Waals surface area contributed by atoms with Crippen LogP contribution in [-0.4, -0.2) is 47.2 Å². The van der Waals surface area contributed by atoms with Crippen molar-refractivity contribution >= 4 is 17.5 Å². The first-order valence-corrected chi connectivity index (χ1v) is 5.54. The molecule has 2 N–H and O–H groups in total. The van der Waals surface area contributed by atoms with Gasteiger partial charge in [-0.1, -0.05) is 11.6 Å². The van der Waals surface area contributed by atoms with E-state index in [1.807, 2.05) is 0 Å². The molecule has 7 heteroatoms. The van der Waals surface area contributed by atoms with Gasteiger partial charge in [0.25, 0.3) is 0 Å². The van der Waals surface area contributed by atoms with Gasteiger partial charge in [0.2, 0.25) is 5.91 Å². The second-order valence-electron chi connectivity index (χ2n) is 3.67. The molecule has 6 nitrogen and oxygen atoms in total. The first-order valence-electron chi connectivity index (χ1n) is 5.16. The summed E-state index contributed by atoms with van der Waals surface area (Å²) >= 11 is 5.81. The van der Waals surface area contributed by atoms with E-state index >= 15 is 0 Å². The molecule has 1 heterocycles. The summed E-state index contributed by atoms with van der Waals surface area (Å²) < 4.78 is 6.19. The van der Waals surface area contributed by atoms with Crippen LogP contribution in [0.5, 0.6) is 0 Å². The molecule has 0 radical (unpaired) electrons. The lowest BCUT2D eigenvalue weighted by atomic mass is 10.4. The zero-order valence-electron chi connectivity index (χ0n) is 9.81. The van der Waals surface area contributed by atoms with Gasteiger partial charge in [0.1, 0.15) is 6.54 Å². The highest BCUT2D eigenvalue weighted by molar-refractivity contribution is 6.31. The summed E-state index contributed by atoms with van der Waals surface area (Å²) in [5, 5.41) is 16.5. The molecule has 0 saturated heterocycles. The summed E-state index contributed by atoms with van der Waals surface area (Å²) in [6, 6.07) is 0. The zero-order valence-corrected chi connectivity index (χ0v) is 10.6. The number of rotatable bonds is 6. The Balaban J connectivity index is 2.34. The molecule has 1 atom stereocenters. The molecule has 17 heavy (non-hydrogen) atoms. The van der Waals surface area contributed by atoms with Crippen molar-refractivity contribution in [2.45, 2.75) is 19.6 Å². The van der Waals surface area contributed by atoms with Gasteiger partial charge in [-0.2, -0.15) is 5.10 Å². The number of carbonyl (C=O) groups excluding carboxylic acids is 1. The van der Waals surface area contributed by atoms with Crippen molar-refractivity contribution in [3.05, 3.63) is 16.9 Å². The molecule has 1 aromatic heterocycles. The summed E-state index contributed by atoms with van der Waals surface area (Å²) in [6.45, 7) is 2.18. The number of nitrogens with zero attached hydrogens (tertiary/aromatic N) is 2. The fourth-order valence-electron chi connectivity index (χ4n) is 1.26. The Morgan fingerprint density at radius 2 is 2.47 bits per heavy atom. The lowest BCUT2D eigenvalue weighted by Gasteiger charge is -2.10. The van der Waals surface area contributed by atoms with Crippen LogP contribution >= 0.6 is 11.6 Å². The van der Waals surface area contributed by atoms with Crippen molar-refractivity contribution in [2.24, 2.45) is 0 Å². The molecule has 0 aliphatic heterocycles. The minimum atomic E-state index is -0.702. The Kier molecular flexibility index (Phi) is 5.40. The van der Waals surface area contributed by atoms with Crippen LogP contribution in [0.25, 0.3) is 0 Å². The number of amides is 1. The zero-order chi connectivity index (χ0) is 12.8. The minimum absolute atomic E-state index is 0.0766. The number of aryl methyl sites for hydroxylation is 1. The third-order valence-corrected chi connectivity index (χ3v) is 2.46. The fraction of sp³-hybridized carbons (Fsp3) is 0.600. The lowest BCUT2D eigenvalue weighted by molar-refractivity contribution is -0.122. The van der Waals surface area contributed by atoms with Crippen LogP contribution in [0.2, 0.25) is 5.02 Å². The molecule has 0 fully saturated rings. The summed E-state index contributed by atoms with van der Waals surface area (Å²) in [5.41, 5.74) is 0.680. The number of hydrogen-bond donors (Lipinski definition) is 2. The van der Waals surface area contributed by atoms with E-state index in [0.717, 1.165) is 0 Å². The van der Waals surface area contributed by atoms with Gasteiger partial charge >= 0.3 is 0 Å². The number of ether oxygens (including phenoxy) is 1. The highest BCUT2D eigenvalue weighted by atomic mass is 35.5. The SMILES string of the molecule is COC[C@@H](O)CNC(=O)Cn1cc(Cl)c(C)n1. The maximum atomic E-state index is 11.5. The molecule has 0 unspecified atom stereocenters. The summed E-state index contributed by atoms with van der Waals surface area (Å²) in [4.78, 5) is 11.5. The summed E-state index contributed by atoms with van der Waals surface area (Å²) in [5.74, 6) is -0.237. The van der Waals surface area contributed by atoms with Crippen molar-refractivity contribution in [1.82, 2.24) is 15.1 Å². The fourth-order valence-corrected chi connectivity index (χ4v) is 1.41. The van der Waals surface area contributed by atoms with Gasteiger partial charge in [0.15, 0.2) is 0 Å². The van der Waals surface area contributed by atoms with Crippen molar-refractivity contribution < 1.29 is 14.6 Å². The first-order chi connectivity index (χ1) is 8.02. The summed E-state index contributed by atoms with van der Waals surface area (Å²) in [7, 11) is 1.49. The molecule has 1 amide bonds. The van der Waals surface area contributed by atoms with Crippen LogP contribution < -0.4 is 5.32 Å². The second kappa shape index (κ2) is 6.58. The number of methoxy groups -OCH3 is 1. The van der Waals surface area contributed by atoms with E-state index < -0.39 is 6.10 Å². The predicted molar refractivity (Wildman–Crippen MR) is 62.9 cm³/mol. The number of nitrogens with one attached hydrogen (secondary N) is 1. The second-order valence-corrected chi connectivity index (χ2v) is 4.08. The lowest BCUT2D eigenvalue weighted by Crippen LogP contribution is -2.36. The van der Waals surface area contributed by atoms with Crippen LogP contribution in [0.1, 0.15) is 5.69 Å². The van der Waals surface area contributed by atoms with E-state index in [9.17, 15) is 9.90 Å². The van der Waals surface area contributed by atoms with Crippen LogP contribution in [0.3, 0.4) is 0 Å². The molecule has 0 aliphatic carbocycles. The van der Waals surface area contributed by atoms with E-state index in [-0.39, 0.29) is 25.6 Å². The Morgan fingerprint density at radius 3 is 3.00 bits per heavy atom. The minimum Gasteiger partial charge on any atom is -0.389 e. The quantitative estimate of drug-likeness (QED) is 0.754. The number of aliphatic hydroxyl groups excluding tert-OH is 1. The molecular weight excluding hydrogens is 246 g/mol. The molecule has 1 rings (SSSR count). The average molecular weight is 262 g/mol. The predicted octanol–water partition coefficient (Wildman–Crippen LogP) is -0.0316. The third kappa shape index (κ3) is 4.72. The molecule has 1 aromatic rings.